The van der Waals surface area contributed by atoms with Gasteiger partial charge in [-0.2, -0.15) is 0 Å². The number of quaternary nitrogens is 1. The number of piperazine rings is 1. The first-order valence-electron chi connectivity index (χ1n) is 9.67. The van der Waals surface area contributed by atoms with Crippen molar-refractivity contribution in [3.05, 3.63) is 60.2 Å². The first-order chi connectivity index (χ1) is 13.5. The lowest BCUT2D eigenvalue weighted by molar-refractivity contribution is -0.925. The molecule has 0 saturated carbocycles. The van der Waals surface area contributed by atoms with Crippen LogP contribution in [0.15, 0.2) is 54.6 Å². The number of carbonyl (C=O) groups is 1. The van der Waals surface area contributed by atoms with Crippen molar-refractivity contribution in [3.8, 4) is 11.5 Å². The van der Waals surface area contributed by atoms with E-state index in [4.69, 9.17) is 4.74 Å². The molecule has 1 amide bonds. The molecule has 0 unspecified atom stereocenters. The van der Waals surface area contributed by atoms with Gasteiger partial charge in [0.25, 0.3) is 5.91 Å². The van der Waals surface area contributed by atoms with Crippen LogP contribution in [0.5, 0.6) is 11.5 Å². The zero-order valence-electron chi connectivity index (χ0n) is 15.7. The maximum atomic E-state index is 12.9. The molecular weight excluding hydrogens is 376 g/mol. The topological polar surface area (TPSA) is 68.1 Å². The summed E-state index contributed by atoms with van der Waals surface area (Å²) in [6.45, 7) is 2.89. The Labute approximate surface area is 165 Å². The molecule has 2 saturated heterocycles. The van der Waals surface area contributed by atoms with Gasteiger partial charge < -0.3 is 14.5 Å². The molecule has 2 aromatic carbocycles. The number of hydrogen-bond donors (Lipinski definition) is 1. The number of amides is 1. The smallest absolute Gasteiger partial charge is 0.254 e. The molecule has 2 aliphatic rings. The van der Waals surface area contributed by atoms with Gasteiger partial charge >= 0.3 is 0 Å². The molecule has 0 spiro atoms. The van der Waals surface area contributed by atoms with Crippen LogP contribution < -0.4 is 9.64 Å². The Balaban J connectivity index is 1.37. The number of ether oxygens (including phenoxy) is 1. The molecule has 1 atom stereocenters. The van der Waals surface area contributed by atoms with Gasteiger partial charge in [0, 0.05) is 12.0 Å². The van der Waals surface area contributed by atoms with Crippen LogP contribution in [0.25, 0.3) is 0 Å². The van der Waals surface area contributed by atoms with Gasteiger partial charge in [-0.1, -0.05) is 24.3 Å². The van der Waals surface area contributed by atoms with E-state index >= 15 is 0 Å². The minimum atomic E-state index is -2.86. The second kappa shape index (κ2) is 7.93. The van der Waals surface area contributed by atoms with E-state index in [0.717, 1.165) is 25.3 Å². The standard InChI is InChI=1S/C21H24N2O4S/c24-21(17-5-4-8-20(15-17)27-19-6-2-1-3-7-19)23-12-10-22(11-13-23)18-9-14-28(25,26)16-18/h1-8,15,18H,9-14,16H2/p+1/t18-/m0/s1. The first kappa shape index (κ1) is 19.0. The monoisotopic (exact) mass is 401 g/mol. The minimum Gasteiger partial charge on any atom is -0.457 e. The van der Waals surface area contributed by atoms with Gasteiger partial charge in [-0.15, -0.1) is 0 Å². The highest BCUT2D eigenvalue weighted by molar-refractivity contribution is 7.91. The van der Waals surface area contributed by atoms with Crippen LogP contribution in [0.1, 0.15) is 16.8 Å². The SMILES string of the molecule is O=C(c1cccc(Oc2ccccc2)c1)N1CC[NH+]([C@H]2CCS(=O)(=O)C2)CC1. The van der Waals surface area contributed by atoms with E-state index in [0.29, 0.717) is 30.2 Å². The molecule has 4 rings (SSSR count). The fourth-order valence-corrected chi connectivity index (χ4v) is 5.85. The molecule has 0 bridgehead atoms. The van der Waals surface area contributed by atoms with Crippen molar-refractivity contribution in [2.45, 2.75) is 12.5 Å². The first-order valence-corrected chi connectivity index (χ1v) is 11.5. The maximum Gasteiger partial charge on any atom is 0.254 e. The summed E-state index contributed by atoms with van der Waals surface area (Å²) in [5.74, 6) is 1.96. The highest BCUT2D eigenvalue weighted by Gasteiger charge is 2.37. The number of nitrogens with one attached hydrogen (secondary N) is 1. The zero-order chi connectivity index (χ0) is 19.6. The fraction of sp³-hybridized carbons (Fsp3) is 0.381. The van der Waals surface area contributed by atoms with Gasteiger partial charge in [-0.05, 0) is 30.3 Å². The van der Waals surface area contributed by atoms with Crippen molar-refractivity contribution in [2.75, 3.05) is 37.7 Å². The van der Waals surface area contributed by atoms with Crippen molar-refractivity contribution >= 4 is 15.7 Å². The van der Waals surface area contributed by atoms with Crippen LogP contribution in [0.2, 0.25) is 0 Å². The molecule has 6 nitrogen and oxygen atoms in total. The number of sulfone groups is 1. The van der Waals surface area contributed by atoms with E-state index in [-0.39, 0.29) is 17.7 Å². The predicted molar refractivity (Wildman–Crippen MR) is 107 cm³/mol. The van der Waals surface area contributed by atoms with Crippen LogP contribution in [0.3, 0.4) is 0 Å². The molecule has 28 heavy (non-hydrogen) atoms. The van der Waals surface area contributed by atoms with Crippen molar-refractivity contribution in [1.82, 2.24) is 4.90 Å². The lowest BCUT2D eigenvalue weighted by atomic mass is 10.1. The zero-order valence-corrected chi connectivity index (χ0v) is 16.5. The lowest BCUT2D eigenvalue weighted by Gasteiger charge is -2.35. The van der Waals surface area contributed by atoms with Gasteiger partial charge in [0.15, 0.2) is 9.84 Å². The molecule has 2 aliphatic heterocycles. The van der Waals surface area contributed by atoms with Crippen molar-refractivity contribution in [1.29, 1.82) is 0 Å². The average Bonchev–Trinajstić information content (AvgIpc) is 3.08. The summed E-state index contributed by atoms with van der Waals surface area (Å²) in [5, 5.41) is 0. The van der Waals surface area contributed by atoms with Crippen molar-refractivity contribution in [2.24, 2.45) is 0 Å². The minimum absolute atomic E-state index is 0.00314. The predicted octanol–water partition coefficient (Wildman–Crippen LogP) is 1.01. The summed E-state index contributed by atoms with van der Waals surface area (Å²) in [6, 6.07) is 16.9. The Kier molecular flexibility index (Phi) is 5.37. The van der Waals surface area contributed by atoms with Crippen LogP contribution in [0.4, 0.5) is 0 Å². The Morgan fingerprint density at radius 3 is 2.39 bits per heavy atom. The summed E-state index contributed by atoms with van der Waals surface area (Å²) in [5.41, 5.74) is 0.611. The summed E-state index contributed by atoms with van der Waals surface area (Å²) in [4.78, 5) is 16.1. The highest BCUT2D eigenvalue weighted by Crippen LogP contribution is 2.22. The normalized spacial score (nSPS) is 22.1. The summed E-state index contributed by atoms with van der Waals surface area (Å²) < 4.78 is 29.3. The van der Waals surface area contributed by atoms with Crippen molar-refractivity contribution < 1.29 is 22.8 Å². The largest absolute Gasteiger partial charge is 0.457 e. The van der Waals surface area contributed by atoms with E-state index in [2.05, 4.69) is 0 Å². The van der Waals surface area contributed by atoms with Crippen molar-refractivity contribution in [3.63, 3.8) is 0 Å². The van der Waals surface area contributed by atoms with E-state index < -0.39 is 9.84 Å². The Morgan fingerprint density at radius 1 is 1.00 bits per heavy atom. The number of hydrogen-bond acceptors (Lipinski definition) is 4. The number of benzene rings is 2. The molecule has 2 heterocycles. The Bertz CT molecular complexity index is 938. The number of carbonyl (C=O) groups excluding carboxylic acids is 1. The number of para-hydroxylation sites is 1. The van der Waals surface area contributed by atoms with Crippen LogP contribution in [-0.2, 0) is 9.84 Å². The van der Waals surface area contributed by atoms with Gasteiger partial charge in [0.2, 0.25) is 0 Å². The van der Waals surface area contributed by atoms with Gasteiger partial charge in [0.05, 0.1) is 31.9 Å². The second-order valence-electron chi connectivity index (χ2n) is 7.49. The van der Waals surface area contributed by atoms with Gasteiger partial charge in [-0.25, -0.2) is 8.42 Å². The molecule has 2 fully saturated rings. The Morgan fingerprint density at radius 2 is 1.71 bits per heavy atom. The summed E-state index contributed by atoms with van der Waals surface area (Å²) >= 11 is 0. The van der Waals surface area contributed by atoms with E-state index in [1.54, 1.807) is 6.07 Å². The number of nitrogens with zero attached hydrogens (tertiary/aromatic N) is 1. The third kappa shape index (κ3) is 4.36. The fourth-order valence-electron chi connectivity index (χ4n) is 4.02. The van der Waals surface area contributed by atoms with Gasteiger partial charge in [0.1, 0.15) is 23.3 Å². The average molecular weight is 402 g/mol. The van der Waals surface area contributed by atoms with E-state index in [1.807, 2.05) is 53.4 Å². The third-order valence-corrected chi connectivity index (χ3v) is 7.33. The van der Waals surface area contributed by atoms with E-state index in [1.165, 1.54) is 4.90 Å². The molecule has 7 heteroatoms. The molecule has 1 N–H and O–H groups in total. The third-order valence-electron chi connectivity index (χ3n) is 5.56. The molecular formula is C21H25N2O4S+. The quantitative estimate of drug-likeness (QED) is 0.830. The highest BCUT2D eigenvalue weighted by atomic mass is 32.2. The van der Waals surface area contributed by atoms with Crippen LogP contribution >= 0.6 is 0 Å². The molecule has 0 radical (unpaired) electrons. The summed E-state index contributed by atoms with van der Waals surface area (Å²) in [6.07, 6.45) is 0.741. The molecule has 2 aromatic rings. The van der Waals surface area contributed by atoms with Gasteiger partial charge in [-0.3, -0.25) is 4.79 Å². The second-order valence-corrected chi connectivity index (χ2v) is 9.72. The van der Waals surface area contributed by atoms with E-state index in [9.17, 15) is 13.2 Å². The summed E-state index contributed by atoms with van der Waals surface area (Å²) in [7, 11) is -2.86. The van der Waals surface area contributed by atoms with Crippen LogP contribution in [-0.4, -0.2) is 63.0 Å². The molecule has 0 aliphatic carbocycles. The molecule has 0 aromatic heterocycles. The lowest BCUT2D eigenvalue weighted by Crippen LogP contribution is -3.18. The number of rotatable bonds is 4. The molecule has 148 valence electrons. The maximum absolute atomic E-state index is 12.9. The Hall–Kier alpha value is -2.38. The van der Waals surface area contributed by atoms with Crippen LogP contribution in [0, 0.1) is 0 Å².